The van der Waals surface area contributed by atoms with Crippen LogP contribution in [0.1, 0.15) is 11.9 Å². The van der Waals surface area contributed by atoms with Crippen LogP contribution in [0.3, 0.4) is 0 Å². The Kier molecular flexibility index (Phi) is 3.75. The van der Waals surface area contributed by atoms with Crippen molar-refractivity contribution < 1.29 is 8.78 Å². The molecule has 0 saturated carbocycles. The van der Waals surface area contributed by atoms with Gasteiger partial charge in [0, 0.05) is 6.54 Å². The predicted molar refractivity (Wildman–Crippen MR) is 62.6 cm³/mol. The van der Waals surface area contributed by atoms with Crippen molar-refractivity contribution in [2.45, 2.75) is 13.5 Å². The van der Waals surface area contributed by atoms with Crippen molar-refractivity contribution in [1.82, 2.24) is 15.5 Å². The second kappa shape index (κ2) is 5.29. The normalized spacial score (nSPS) is 10.8. The number of hydrogen-bond donors (Lipinski definition) is 1. The summed E-state index contributed by atoms with van der Waals surface area (Å²) in [7, 11) is 0. The molecule has 90 valence electrons. The predicted octanol–water partition coefficient (Wildman–Crippen LogP) is 2.59. The lowest BCUT2D eigenvalue weighted by Crippen LogP contribution is -2.11. The quantitative estimate of drug-likeness (QED) is 0.912. The van der Waals surface area contributed by atoms with E-state index in [1.54, 1.807) is 0 Å². The largest absolute Gasteiger partial charge is 0.311 e. The lowest BCUT2D eigenvalue weighted by atomic mass is 10.2. The van der Waals surface area contributed by atoms with Gasteiger partial charge in [-0.05, 0) is 18.7 Å². The Labute approximate surface area is 102 Å². The van der Waals surface area contributed by atoms with Gasteiger partial charge in [0.25, 0.3) is 0 Å². The average Bonchev–Trinajstić information content (AvgIpc) is 2.75. The first-order valence-corrected chi connectivity index (χ1v) is 6.01. The van der Waals surface area contributed by atoms with Gasteiger partial charge in [-0.2, -0.15) is 0 Å². The van der Waals surface area contributed by atoms with E-state index >= 15 is 0 Å². The third-order valence-electron chi connectivity index (χ3n) is 2.17. The molecule has 6 heteroatoms. The fourth-order valence-corrected chi connectivity index (χ4v) is 2.22. The highest BCUT2D eigenvalue weighted by Crippen LogP contribution is 2.28. The molecule has 0 unspecified atom stereocenters. The van der Waals surface area contributed by atoms with E-state index in [1.165, 1.54) is 29.5 Å². The number of benzene rings is 1. The minimum absolute atomic E-state index is 0.104. The number of nitrogens with one attached hydrogen (secondary N) is 1. The first-order chi connectivity index (χ1) is 8.22. The van der Waals surface area contributed by atoms with E-state index in [9.17, 15) is 8.78 Å². The molecule has 2 rings (SSSR count). The van der Waals surface area contributed by atoms with Crippen LogP contribution in [0.15, 0.2) is 18.2 Å². The van der Waals surface area contributed by atoms with Crippen molar-refractivity contribution in [3.63, 3.8) is 0 Å². The summed E-state index contributed by atoms with van der Waals surface area (Å²) >= 11 is 1.19. The Balaban J connectivity index is 2.30. The lowest BCUT2D eigenvalue weighted by molar-refractivity contribution is 0.589. The van der Waals surface area contributed by atoms with Crippen molar-refractivity contribution in [2.24, 2.45) is 0 Å². The standard InChI is InChI=1S/C11H11F2N3S/c1-2-14-6-9-15-16-11(17-9)10-7(12)4-3-5-8(10)13/h3-5,14H,2,6H2,1H3. The summed E-state index contributed by atoms with van der Waals surface area (Å²) in [6.45, 7) is 3.34. The van der Waals surface area contributed by atoms with Crippen LogP contribution in [0.5, 0.6) is 0 Å². The second-order valence-corrected chi connectivity index (χ2v) is 4.44. The highest BCUT2D eigenvalue weighted by atomic mass is 32.1. The molecule has 3 nitrogen and oxygen atoms in total. The van der Waals surface area contributed by atoms with Gasteiger partial charge >= 0.3 is 0 Å². The molecular weight excluding hydrogens is 244 g/mol. The van der Waals surface area contributed by atoms with Crippen LogP contribution in [-0.2, 0) is 6.54 Å². The van der Waals surface area contributed by atoms with Gasteiger partial charge in [-0.1, -0.05) is 24.3 Å². The van der Waals surface area contributed by atoms with E-state index in [-0.39, 0.29) is 10.6 Å². The minimum Gasteiger partial charge on any atom is -0.311 e. The lowest BCUT2D eigenvalue weighted by Gasteiger charge is -1.99. The van der Waals surface area contributed by atoms with Crippen LogP contribution in [0.2, 0.25) is 0 Å². The maximum atomic E-state index is 13.5. The van der Waals surface area contributed by atoms with Gasteiger partial charge in [-0.3, -0.25) is 0 Å². The van der Waals surface area contributed by atoms with Gasteiger partial charge in [0.05, 0.1) is 5.56 Å². The molecule has 2 aromatic rings. The zero-order valence-corrected chi connectivity index (χ0v) is 10.0. The zero-order valence-electron chi connectivity index (χ0n) is 9.20. The van der Waals surface area contributed by atoms with Gasteiger partial charge in [0.2, 0.25) is 0 Å². The van der Waals surface area contributed by atoms with Gasteiger partial charge in [0.15, 0.2) is 5.01 Å². The number of hydrogen-bond acceptors (Lipinski definition) is 4. The molecule has 0 aliphatic heterocycles. The maximum absolute atomic E-state index is 13.5. The fourth-order valence-electron chi connectivity index (χ4n) is 1.36. The van der Waals surface area contributed by atoms with Crippen molar-refractivity contribution in [1.29, 1.82) is 0 Å². The second-order valence-electron chi connectivity index (χ2n) is 3.38. The fraction of sp³-hybridized carbons (Fsp3) is 0.273. The Morgan fingerprint density at radius 1 is 1.24 bits per heavy atom. The molecule has 0 radical (unpaired) electrons. The Hall–Kier alpha value is -1.40. The molecule has 0 saturated heterocycles. The summed E-state index contributed by atoms with van der Waals surface area (Å²) in [4.78, 5) is 0. The zero-order chi connectivity index (χ0) is 12.3. The molecule has 0 aliphatic carbocycles. The molecule has 0 fully saturated rings. The van der Waals surface area contributed by atoms with E-state index in [1.807, 2.05) is 6.92 Å². The van der Waals surface area contributed by atoms with Crippen LogP contribution < -0.4 is 5.32 Å². The summed E-state index contributed by atoms with van der Waals surface area (Å²) in [5.41, 5.74) is -0.104. The van der Waals surface area contributed by atoms with E-state index in [0.717, 1.165) is 6.54 Å². The van der Waals surface area contributed by atoms with E-state index in [4.69, 9.17) is 0 Å². The van der Waals surface area contributed by atoms with Crippen LogP contribution in [0.4, 0.5) is 8.78 Å². The molecule has 1 aromatic carbocycles. The van der Waals surface area contributed by atoms with Crippen molar-refractivity contribution in [3.05, 3.63) is 34.8 Å². The van der Waals surface area contributed by atoms with E-state index in [0.29, 0.717) is 11.6 Å². The highest BCUT2D eigenvalue weighted by molar-refractivity contribution is 7.14. The molecule has 17 heavy (non-hydrogen) atoms. The number of rotatable bonds is 4. The molecule has 0 aliphatic rings. The summed E-state index contributed by atoms with van der Waals surface area (Å²) in [5.74, 6) is -1.23. The van der Waals surface area contributed by atoms with Crippen molar-refractivity contribution in [3.8, 4) is 10.6 Å². The molecule has 1 heterocycles. The van der Waals surface area contributed by atoms with Crippen LogP contribution in [0, 0.1) is 11.6 Å². The number of nitrogens with zero attached hydrogens (tertiary/aromatic N) is 2. The summed E-state index contributed by atoms with van der Waals surface area (Å²) in [6, 6.07) is 3.75. The van der Waals surface area contributed by atoms with Crippen molar-refractivity contribution >= 4 is 11.3 Å². The first-order valence-electron chi connectivity index (χ1n) is 5.20. The molecule has 1 N–H and O–H groups in total. The van der Waals surface area contributed by atoms with Gasteiger partial charge in [0.1, 0.15) is 16.6 Å². The van der Waals surface area contributed by atoms with Gasteiger partial charge in [-0.25, -0.2) is 8.78 Å². The SMILES string of the molecule is CCNCc1nnc(-c2c(F)cccc2F)s1. The Morgan fingerprint density at radius 3 is 2.59 bits per heavy atom. The minimum atomic E-state index is -0.615. The first kappa shape index (κ1) is 12.1. The summed E-state index contributed by atoms with van der Waals surface area (Å²) in [5, 5.41) is 11.8. The van der Waals surface area contributed by atoms with Crippen LogP contribution in [-0.4, -0.2) is 16.7 Å². The number of halogens is 2. The molecule has 0 bridgehead atoms. The topological polar surface area (TPSA) is 37.8 Å². The third-order valence-corrected chi connectivity index (χ3v) is 3.11. The van der Waals surface area contributed by atoms with Gasteiger partial charge < -0.3 is 5.32 Å². The summed E-state index contributed by atoms with van der Waals surface area (Å²) < 4.78 is 27.0. The van der Waals surface area contributed by atoms with Crippen LogP contribution in [0.25, 0.3) is 10.6 Å². The molecule has 0 amide bonds. The van der Waals surface area contributed by atoms with Gasteiger partial charge in [-0.15, -0.1) is 10.2 Å². The third kappa shape index (κ3) is 2.65. The molecule has 0 atom stereocenters. The van der Waals surface area contributed by atoms with E-state index < -0.39 is 11.6 Å². The monoisotopic (exact) mass is 255 g/mol. The molecule has 0 spiro atoms. The maximum Gasteiger partial charge on any atom is 0.153 e. The highest BCUT2D eigenvalue weighted by Gasteiger charge is 2.15. The number of aromatic nitrogens is 2. The smallest absolute Gasteiger partial charge is 0.153 e. The molecule has 1 aromatic heterocycles. The van der Waals surface area contributed by atoms with Crippen molar-refractivity contribution in [2.75, 3.05) is 6.54 Å². The van der Waals surface area contributed by atoms with E-state index in [2.05, 4.69) is 15.5 Å². The average molecular weight is 255 g/mol. The van der Waals surface area contributed by atoms with Crippen LogP contribution >= 0.6 is 11.3 Å². The summed E-state index contributed by atoms with van der Waals surface area (Å²) in [6.07, 6.45) is 0. The Morgan fingerprint density at radius 2 is 1.94 bits per heavy atom. The Bertz CT molecular complexity index is 493. The molecular formula is C11H11F2N3S.